The quantitative estimate of drug-likeness (QED) is 0.648. The van der Waals surface area contributed by atoms with Crippen molar-refractivity contribution in [2.24, 2.45) is 5.16 Å². The lowest BCUT2D eigenvalue weighted by molar-refractivity contribution is -0.116. The van der Waals surface area contributed by atoms with Gasteiger partial charge in [-0.25, -0.2) is 0 Å². The molecule has 25 heavy (non-hydrogen) atoms. The van der Waals surface area contributed by atoms with Crippen molar-refractivity contribution >= 4 is 11.5 Å². The second kappa shape index (κ2) is 7.30. The predicted molar refractivity (Wildman–Crippen MR) is 96.4 cm³/mol. The number of ether oxygens (including phenoxy) is 1. The van der Waals surface area contributed by atoms with Crippen molar-refractivity contribution in [1.29, 1.82) is 0 Å². The first-order valence-corrected chi connectivity index (χ1v) is 8.96. The first-order chi connectivity index (χ1) is 12.1. The maximum Gasteiger partial charge on any atom is 0.168 e. The van der Waals surface area contributed by atoms with E-state index in [0.29, 0.717) is 43.8 Å². The summed E-state index contributed by atoms with van der Waals surface area (Å²) in [4.78, 5) is 17.8. The number of Topliss-reactive ketones (excluding diaryl/α,β-unsaturated/α-hetero) is 1. The van der Waals surface area contributed by atoms with Gasteiger partial charge in [0.1, 0.15) is 18.1 Å². The van der Waals surface area contributed by atoms with Gasteiger partial charge in [-0.15, -0.1) is 0 Å². The van der Waals surface area contributed by atoms with Gasteiger partial charge >= 0.3 is 0 Å². The van der Waals surface area contributed by atoms with Gasteiger partial charge in [-0.3, -0.25) is 4.79 Å². The first kappa shape index (κ1) is 17.5. The zero-order chi connectivity index (χ0) is 18.0. The van der Waals surface area contributed by atoms with Crippen molar-refractivity contribution in [3.8, 4) is 5.75 Å². The van der Waals surface area contributed by atoms with E-state index in [4.69, 9.17) is 9.57 Å². The number of oxime groups is 1. The summed E-state index contributed by atoms with van der Waals surface area (Å²) in [6.45, 7) is 6.89. The summed E-state index contributed by atoms with van der Waals surface area (Å²) < 4.78 is 5.74. The summed E-state index contributed by atoms with van der Waals surface area (Å²) in [6, 6.07) is 4.11. The van der Waals surface area contributed by atoms with E-state index in [2.05, 4.69) is 11.2 Å². The Morgan fingerprint density at radius 2 is 2.16 bits per heavy atom. The molecule has 0 saturated heterocycles. The molecule has 1 aliphatic carbocycles. The number of carbonyl (C=O) groups excluding carboxylic acids is 1. The molecule has 5 nitrogen and oxygen atoms in total. The van der Waals surface area contributed by atoms with Crippen molar-refractivity contribution in [3.63, 3.8) is 0 Å². The van der Waals surface area contributed by atoms with Crippen molar-refractivity contribution in [3.05, 3.63) is 40.2 Å². The van der Waals surface area contributed by atoms with Crippen LogP contribution in [0.2, 0.25) is 0 Å². The molecular weight excluding hydrogens is 318 g/mol. The average Bonchev–Trinajstić information content (AvgIpc) is 3.08. The number of aliphatic hydroxyl groups is 1. The van der Waals surface area contributed by atoms with Gasteiger partial charge in [0.2, 0.25) is 0 Å². The molecule has 0 fully saturated rings. The first-order valence-electron chi connectivity index (χ1n) is 8.96. The van der Waals surface area contributed by atoms with Crippen LogP contribution in [0.4, 0.5) is 0 Å². The number of fused-ring (bicyclic) bond motifs is 1. The van der Waals surface area contributed by atoms with Crippen molar-refractivity contribution in [2.45, 2.75) is 52.4 Å². The lowest BCUT2D eigenvalue weighted by atomic mass is 9.79. The molecule has 1 aliphatic heterocycles. The summed E-state index contributed by atoms with van der Waals surface area (Å²) in [5, 5.41) is 14.6. The van der Waals surface area contributed by atoms with Crippen LogP contribution in [0.1, 0.15) is 55.7 Å². The van der Waals surface area contributed by atoms with E-state index in [9.17, 15) is 9.90 Å². The van der Waals surface area contributed by atoms with Crippen LogP contribution in [0.15, 0.2) is 28.6 Å². The molecule has 0 amide bonds. The standard InChI is InChI=1S/C20H25NO4/c1-4-16(21-25-5-2)19-17(22)10-13(11-18(19)23)14-7-6-12(3)20-15(14)8-9-24-20/h6-7,13,22H,4-5,8-11H2,1-3H3. The van der Waals surface area contributed by atoms with E-state index in [0.717, 1.165) is 23.3 Å². The van der Waals surface area contributed by atoms with Crippen LogP contribution in [0, 0.1) is 6.92 Å². The van der Waals surface area contributed by atoms with Gasteiger partial charge in [0.25, 0.3) is 0 Å². The Kier molecular flexibility index (Phi) is 5.11. The zero-order valence-corrected chi connectivity index (χ0v) is 15.1. The molecule has 3 rings (SSSR count). The van der Waals surface area contributed by atoms with Crippen molar-refractivity contribution in [2.75, 3.05) is 13.2 Å². The highest BCUT2D eigenvalue weighted by molar-refractivity contribution is 6.23. The molecule has 0 spiro atoms. The Hall–Kier alpha value is -2.30. The summed E-state index contributed by atoms with van der Waals surface area (Å²) >= 11 is 0. The van der Waals surface area contributed by atoms with Gasteiger partial charge in [0.05, 0.1) is 17.9 Å². The number of allylic oxidation sites excluding steroid dienone is 2. The van der Waals surface area contributed by atoms with Gasteiger partial charge < -0.3 is 14.7 Å². The number of carbonyl (C=O) groups is 1. The lowest BCUT2D eigenvalue weighted by Gasteiger charge is -2.25. The highest BCUT2D eigenvalue weighted by atomic mass is 16.6. The lowest BCUT2D eigenvalue weighted by Crippen LogP contribution is -2.24. The Labute approximate surface area is 148 Å². The van der Waals surface area contributed by atoms with Crippen LogP contribution in [0.3, 0.4) is 0 Å². The molecule has 134 valence electrons. The molecule has 1 aromatic carbocycles. The normalized spacial score (nSPS) is 20.5. The van der Waals surface area contributed by atoms with E-state index in [1.807, 2.05) is 26.8 Å². The number of rotatable bonds is 5. The Morgan fingerprint density at radius 3 is 2.84 bits per heavy atom. The molecule has 2 aliphatic rings. The van der Waals surface area contributed by atoms with Crippen LogP contribution >= 0.6 is 0 Å². The average molecular weight is 343 g/mol. The molecule has 0 aromatic heterocycles. The maximum absolute atomic E-state index is 12.7. The van der Waals surface area contributed by atoms with Gasteiger partial charge in [-0.2, -0.15) is 0 Å². The van der Waals surface area contributed by atoms with Gasteiger partial charge in [0.15, 0.2) is 5.78 Å². The maximum atomic E-state index is 12.7. The highest BCUT2D eigenvalue weighted by Crippen LogP contribution is 2.41. The molecule has 0 radical (unpaired) electrons. The number of benzene rings is 1. The number of aryl methyl sites for hydroxylation is 1. The van der Waals surface area contributed by atoms with Gasteiger partial charge in [-0.1, -0.05) is 24.2 Å². The summed E-state index contributed by atoms with van der Waals surface area (Å²) in [5.74, 6) is 0.987. The molecule has 1 N–H and O–H groups in total. The van der Waals surface area contributed by atoms with E-state index < -0.39 is 0 Å². The number of ketones is 1. The van der Waals surface area contributed by atoms with Crippen LogP contribution in [0.25, 0.3) is 0 Å². The Balaban J connectivity index is 1.93. The molecule has 0 saturated carbocycles. The fraction of sp³-hybridized carbons (Fsp3) is 0.500. The third-order valence-corrected chi connectivity index (χ3v) is 4.90. The fourth-order valence-electron chi connectivity index (χ4n) is 3.73. The summed E-state index contributed by atoms with van der Waals surface area (Å²) in [7, 11) is 0. The molecule has 0 bridgehead atoms. The van der Waals surface area contributed by atoms with Crippen LogP contribution in [-0.2, 0) is 16.1 Å². The molecule has 5 heteroatoms. The monoisotopic (exact) mass is 343 g/mol. The zero-order valence-electron chi connectivity index (χ0n) is 15.1. The molecule has 1 heterocycles. The number of aliphatic hydroxyl groups excluding tert-OH is 1. The largest absolute Gasteiger partial charge is 0.511 e. The molecule has 1 unspecified atom stereocenters. The van der Waals surface area contributed by atoms with Crippen LogP contribution in [0.5, 0.6) is 5.75 Å². The van der Waals surface area contributed by atoms with Crippen LogP contribution in [-0.4, -0.2) is 29.8 Å². The SMILES string of the molecule is CCON=C(CC)C1=C(O)CC(c2ccc(C)c3c2CCO3)CC1=O. The topological polar surface area (TPSA) is 68.1 Å². The highest BCUT2D eigenvalue weighted by Gasteiger charge is 2.33. The fourth-order valence-corrected chi connectivity index (χ4v) is 3.73. The van der Waals surface area contributed by atoms with E-state index in [-0.39, 0.29) is 17.5 Å². The molecular formula is C20H25NO4. The number of nitrogens with zero attached hydrogens (tertiary/aromatic N) is 1. The number of hydrogen-bond acceptors (Lipinski definition) is 5. The summed E-state index contributed by atoms with van der Waals surface area (Å²) in [5.41, 5.74) is 4.30. The van der Waals surface area contributed by atoms with Crippen LogP contribution < -0.4 is 4.74 Å². The van der Waals surface area contributed by atoms with E-state index in [1.54, 1.807) is 0 Å². The molecule has 1 aromatic rings. The van der Waals surface area contributed by atoms with Gasteiger partial charge in [0, 0.05) is 24.8 Å². The second-order valence-corrected chi connectivity index (χ2v) is 6.54. The smallest absolute Gasteiger partial charge is 0.168 e. The van der Waals surface area contributed by atoms with Crippen molar-refractivity contribution < 1.29 is 19.5 Å². The predicted octanol–water partition coefficient (Wildman–Crippen LogP) is 3.99. The third-order valence-electron chi connectivity index (χ3n) is 4.90. The summed E-state index contributed by atoms with van der Waals surface area (Å²) in [6.07, 6.45) is 2.23. The van der Waals surface area contributed by atoms with Crippen molar-refractivity contribution in [1.82, 2.24) is 0 Å². The Morgan fingerprint density at radius 1 is 1.36 bits per heavy atom. The minimum Gasteiger partial charge on any atom is -0.511 e. The minimum atomic E-state index is -0.0673. The molecule has 1 atom stereocenters. The third kappa shape index (κ3) is 3.28. The Bertz CT molecular complexity index is 748. The van der Waals surface area contributed by atoms with E-state index in [1.165, 1.54) is 5.56 Å². The van der Waals surface area contributed by atoms with Gasteiger partial charge in [-0.05, 0) is 37.3 Å². The van der Waals surface area contributed by atoms with E-state index >= 15 is 0 Å². The second-order valence-electron chi connectivity index (χ2n) is 6.54. The number of hydrogen-bond donors (Lipinski definition) is 1. The minimum absolute atomic E-state index is 0.0162.